The Hall–Kier alpha value is -1.88. The molecule has 0 unspecified atom stereocenters. The maximum Gasteiger partial charge on any atom is 0.325 e. The van der Waals surface area contributed by atoms with Gasteiger partial charge < -0.3 is 14.5 Å². The Morgan fingerprint density at radius 3 is 2.20 bits per heavy atom. The monoisotopic (exact) mass is 278 g/mol. The maximum atomic E-state index is 12.3. The average Bonchev–Trinajstić information content (AvgIpc) is 2.44. The normalized spacial score (nSPS) is 10.4. The predicted molar refractivity (Wildman–Crippen MR) is 77.4 cm³/mol. The summed E-state index contributed by atoms with van der Waals surface area (Å²) in [4.78, 5) is 27.1. The first-order valence-corrected chi connectivity index (χ1v) is 6.57. The highest BCUT2D eigenvalue weighted by atomic mass is 16.5. The predicted octanol–water partition coefficient (Wildman–Crippen LogP) is 1.38. The van der Waals surface area contributed by atoms with Gasteiger partial charge in [-0.25, -0.2) is 0 Å². The minimum Gasteiger partial charge on any atom is -0.468 e. The zero-order valence-electron chi connectivity index (χ0n) is 12.5. The summed E-state index contributed by atoms with van der Waals surface area (Å²) >= 11 is 0. The minimum atomic E-state index is -0.413. The Morgan fingerprint density at radius 1 is 1.15 bits per heavy atom. The van der Waals surface area contributed by atoms with Crippen LogP contribution in [0.15, 0.2) is 24.3 Å². The molecule has 0 spiro atoms. The Kier molecular flexibility index (Phi) is 6.18. The van der Waals surface area contributed by atoms with Gasteiger partial charge in [0.25, 0.3) is 5.91 Å². The van der Waals surface area contributed by atoms with E-state index in [-0.39, 0.29) is 12.5 Å². The first-order valence-electron chi connectivity index (χ1n) is 6.57. The molecule has 0 aliphatic rings. The van der Waals surface area contributed by atoms with Gasteiger partial charge in [-0.3, -0.25) is 9.59 Å². The molecule has 0 aliphatic carbocycles. The molecule has 0 atom stereocenters. The molecule has 0 bridgehead atoms. The van der Waals surface area contributed by atoms with Gasteiger partial charge in [0.15, 0.2) is 0 Å². The second-order valence-electron chi connectivity index (χ2n) is 4.83. The van der Waals surface area contributed by atoms with Crippen molar-refractivity contribution in [1.82, 2.24) is 9.80 Å². The van der Waals surface area contributed by atoms with Gasteiger partial charge in [-0.1, -0.05) is 12.1 Å². The van der Waals surface area contributed by atoms with E-state index in [4.69, 9.17) is 0 Å². The molecule has 110 valence electrons. The lowest BCUT2D eigenvalue weighted by Gasteiger charge is -2.19. The highest BCUT2D eigenvalue weighted by Crippen LogP contribution is 2.09. The summed E-state index contributed by atoms with van der Waals surface area (Å²) in [6, 6.07) is 7.45. The van der Waals surface area contributed by atoms with E-state index >= 15 is 0 Å². The largest absolute Gasteiger partial charge is 0.468 e. The van der Waals surface area contributed by atoms with Crippen LogP contribution in [0.5, 0.6) is 0 Å². The van der Waals surface area contributed by atoms with E-state index in [2.05, 4.69) is 9.64 Å². The second kappa shape index (κ2) is 7.65. The number of likely N-dealkylation sites (N-methyl/N-ethyl adjacent to an activating group) is 1. The number of hydrogen-bond donors (Lipinski definition) is 0. The van der Waals surface area contributed by atoms with Crippen LogP contribution in [-0.4, -0.2) is 56.0 Å². The van der Waals surface area contributed by atoms with Crippen LogP contribution >= 0.6 is 0 Å². The number of ether oxygens (including phenoxy) is 1. The van der Waals surface area contributed by atoms with Gasteiger partial charge in [0.05, 0.1) is 7.11 Å². The molecule has 1 aromatic rings. The van der Waals surface area contributed by atoms with E-state index < -0.39 is 5.97 Å². The van der Waals surface area contributed by atoms with Crippen LogP contribution in [0.25, 0.3) is 0 Å². The van der Waals surface area contributed by atoms with Crippen molar-refractivity contribution in [2.45, 2.75) is 13.5 Å². The number of rotatable bonds is 6. The van der Waals surface area contributed by atoms with Crippen molar-refractivity contribution >= 4 is 11.9 Å². The average molecular weight is 278 g/mol. The molecule has 0 aliphatic heterocycles. The zero-order valence-corrected chi connectivity index (χ0v) is 12.5. The molecule has 1 aromatic carbocycles. The van der Waals surface area contributed by atoms with Gasteiger partial charge in [0.2, 0.25) is 0 Å². The molecule has 5 nitrogen and oxygen atoms in total. The van der Waals surface area contributed by atoms with Crippen molar-refractivity contribution in [3.63, 3.8) is 0 Å². The van der Waals surface area contributed by atoms with E-state index in [0.29, 0.717) is 12.1 Å². The molecular formula is C15H22N2O3. The number of amides is 1. The van der Waals surface area contributed by atoms with Crippen molar-refractivity contribution in [3.8, 4) is 0 Å². The van der Waals surface area contributed by atoms with Crippen molar-refractivity contribution in [3.05, 3.63) is 35.4 Å². The summed E-state index contributed by atoms with van der Waals surface area (Å²) < 4.78 is 4.59. The Morgan fingerprint density at radius 2 is 1.75 bits per heavy atom. The lowest BCUT2D eigenvalue weighted by Crippen LogP contribution is -2.36. The molecule has 0 aromatic heterocycles. The van der Waals surface area contributed by atoms with Crippen LogP contribution in [0.3, 0.4) is 0 Å². The number of carbonyl (C=O) groups is 2. The Labute approximate surface area is 120 Å². The molecule has 0 heterocycles. The summed E-state index contributed by atoms with van der Waals surface area (Å²) in [5.74, 6) is -0.571. The van der Waals surface area contributed by atoms with Crippen LogP contribution in [-0.2, 0) is 16.1 Å². The van der Waals surface area contributed by atoms with Crippen LogP contribution in [0.4, 0.5) is 0 Å². The Bertz CT molecular complexity index is 455. The van der Waals surface area contributed by atoms with Gasteiger partial charge in [0.1, 0.15) is 6.54 Å². The van der Waals surface area contributed by atoms with E-state index in [9.17, 15) is 9.59 Å². The molecule has 0 radical (unpaired) electrons. The van der Waals surface area contributed by atoms with E-state index in [1.165, 1.54) is 12.0 Å². The lowest BCUT2D eigenvalue weighted by molar-refractivity contribution is -0.141. The maximum absolute atomic E-state index is 12.3. The van der Waals surface area contributed by atoms with Crippen LogP contribution in [0.2, 0.25) is 0 Å². The van der Waals surface area contributed by atoms with Crippen LogP contribution in [0, 0.1) is 0 Å². The Balaban J connectivity index is 2.77. The van der Waals surface area contributed by atoms with Gasteiger partial charge in [0, 0.05) is 18.7 Å². The molecule has 1 rings (SSSR count). The fourth-order valence-electron chi connectivity index (χ4n) is 1.85. The smallest absolute Gasteiger partial charge is 0.325 e. The molecule has 0 N–H and O–H groups in total. The van der Waals surface area contributed by atoms with Crippen molar-refractivity contribution < 1.29 is 14.3 Å². The third-order valence-corrected chi connectivity index (χ3v) is 2.92. The van der Waals surface area contributed by atoms with E-state index in [1.54, 1.807) is 12.1 Å². The second-order valence-corrected chi connectivity index (χ2v) is 4.83. The van der Waals surface area contributed by atoms with Crippen molar-refractivity contribution in [2.75, 3.05) is 34.3 Å². The molecule has 5 heteroatoms. The molecule has 20 heavy (non-hydrogen) atoms. The first kappa shape index (κ1) is 16.2. The molecule has 0 fully saturated rings. The van der Waals surface area contributed by atoms with Gasteiger partial charge in [-0.15, -0.1) is 0 Å². The van der Waals surface area contributed by atoms with E-state index in [1.807, 2.05) is 33.2 Å². The number of esters is 1. The number of methoxy groups -OCH3 is 1. The third kappa shape index (κ3) is 4.66. The standard InChI is InChI=1S/C15H22N2O3/c1-5-17(11-14(18)20-4)15(19)13-8-6-12(7-9-13)10-16(2)3/h6-9H,5,10-11H2,1-4H3. The summed E-state index contributed by atoms with van der Waals surface area (Å²) in [5.41, 5.74) is 1.72. The fraction of sp³-hybridized carbons (Fsp3) is 0.467. The van der Waals surface area contributed by atoms with Crippen molar-refractivity contribution in [2.24, 2.45) is 0 Å². The minimum absolute atomic E-state index is 0.0225. The summed E-state index contributed by atoms with van der Waals surface area (Å²) in [6.07, 6.45) is 0. The fourth-order valence-corrected chi connectivity index (χ4v) is 1.85. The van der Waals surface area contributed by atoms with Gasteiger partial charge >= 0.3 is 5.97 Å². The molecular weight excluding hydrogens is 256 g/mol. The summed E-state index contributed by atoms with van der Waals surface area (Å²) in [7, 11) is 5.30. The van der Waals surface area contributed by atoms with Gasteiger partial charge in [-0.2, -0.15) is 0 Å². The number of carbonyl (C=O) groups excluding carboxylic acids is 2. The van der Waals surface area contributed by atoms with Crippen LogP contribution in [0.1, 0.15) is 22.8 Å². The first-order chi connectivity index (χ1) is 9.47. The highest BCUT2D eigenvalue weighted by molar-refractivity contribution is 5.96. The van der Waals surface area contributed by atoms with Gasteiger partial charge in [-0.05, 0) is 38.7 Å². The molecule has 0 saturated heterocycles. The quantitative estimate of drug-likeness (QED) is 0.738. The molecule has 0 saturated carbocycles. The zero-order chi connectivity index (χ0) is 15.1. The number of hydrogen-bond acceptors (Lipinski definition) is 4. The summed E-state index contributed by atoms with van der Waals surface area (Å²) in [6.45, 7) is 3.11. The lowest BCUT2D eigenvalue weighted by atomic mass is 10.1. The topological polar surface area (TPSA) is 49.9 Å². The number of benzene rings is 1. The third-order valence-electron chi connectivity index (χ3n) is 2.92. The van der Waals surface area contributed by atoms with E-state index in [0.717, 1.165) is 12.1 Å². The SMILES string of the molecule is CCN(CC(=O)OC)C(=O)c1ccc(CN(C)C)cc1. The summed E-state index contributed by atoms with van der Waals surface area (Å²) in [5, 5.41) is 0. The molecule has 1 amide bonds. The highest BCUT2D eigenvalue weighted by Gasteiger charge is 2.17. The van der Waals surface area contributed by atoms with Crippen molar-refractivity contribution in [1.29, 1.82) is 0 Å². The number of nitrogens with zero attached hydrogens (tertiary/aromatic N) is 2. The van der Waals surface area contributed by atoms with Crippen LogP contribution < -0.4 is 0 Å².